The van der Waals surface area contributed by atoms with Crippen molar-refractivity contribution < 1.29 is 45.8 Å². The van der Waals surface area contributed by atoms with Crippen molar-refractivity contribution in [1.29, 1.82) is 0 Å². The standard InChI is InChI=1S/C37H32F5N7O6/c1-17(2)12-43-36-46-33-31(34(51)47-36)45-16-49(33)18-11-24(35(52)55-32-29(41)27(39)26(38)28(40)30(32)42)48(14-18)25(50)13-44-37(53)54-15-23-21-9-5-3-7-19(21)20-8-4-6-10-22(20)23/h3-10,16-18,23-24H,11-15H2,1-2H3,(H,44,53)(H2,43,46,47,51)/t18-,24-/m1/s1. The number of likely N-dealkylation sites (tertiary alicyclic amines) is 1. The zero-order valence-corrected chi connectivity index (χ0v) is 29.2. The second kappa shape index (κ2) is 14.8. The van der Waals surface area contributed by atoms with Crippen LogP contribution in [0.2, 0.25) is 0 Å². The number of aromatic nitrogens is 4. The second-order valence-corrected chi connectivity index (χ2v) is 13.5. The van der Waals surface area contributed by atoms with Crippen LogP contribution < -0.4 is 20.9 Å². The number of fused-ring (bicyclic) bond motifs is 4. The fourth-order valence-corrected chi connectivity index (χ4v) is 6.83. The number of nitrogens with one attached hydrogen (secondary N) is 3. The molecular formula is C37H32F5N7O6. The highest BCUT2D eigenvalue weighted by molar-refractivity contribution is 5.89. The summed E-state index contributed by atoms with van der Waals surface area (Å²) in [4.78, 5) is 64.8. The topological polar surface area (TPSA) is 161 Å². The number of anilines is 1. The predicted octanol–water partition coefficient (Wildman–Crippen LogP) is 5.17. The van der Waals surface area contributed by atoms with E-state index >= 15 is 0 Å². The summed E-state index contributed by atoms with van der Waals surface area (Å²) >= 11 is 0. The third-order valence-electron chi connectivity index (χ3n) is 9.47. The van der Waals surface area contributed by atoms with Gasteiger partial charge < -0.3 is 29.6 Å². The molecule has 0 radical (unpaired) electrons. The molecular weight excluding hydrogens is 733 g/mol. The first-order valence-electron chi connectivity index (χ1n) is 17.2. The molecule has 2 aromatic heterocycles. The fraction of sp³-hybridized carbons (Fsp3) is 0.297. The van der Waals surface area contributed by atoms with Gasteiger partial charge in [0.2, 0.25) is 46.7 Å². The van der Waals surface area contributed by atoms with Crippen LogP contribution in [0.5, 0.6) is 5.75 Å². The van der Waals surface area contributed by atoms with E-state index in [9.17, 15) is 41.1 Å². The lowest BCUT2D eigenvalue weighted by molar-refractivity contribution is -0.146. The molecule has 3 aromatic carbocycles. The van der Waals surface area contributed by atoms with Gasteiger partial charge in [-0.3, -0.25) is 14.6 Å². The van der Waals surface area contributed by atoms with Crippen molar-refractivity contribution in [3.8, 4) is 16.9 Å². The van der Waals surface area contributed by atoms with Crippen LogP contribution >= 0.6 is 0 Å². The van der Waals surface area contributed by atoms with Gasteiger partial charge >= 0.3 is 12.1 Å². The first-order chi connectivity index (χ1) is 26.3. The predicted molar refractivity (Wildman–Crippen MR) is 186 cm³/mol. The number of esters is 1. The van der Waals surface area contributed by atoms with Crippen molar-refractivity contribution >= 4 is 35.1 Å². The highest BCUT2D eigenvalue weighted by atomic mass is 19.2. The van der Waals surface area contributed by atoms with E-state index in [1.807, 2.05) is 62.4 Å². The van der Waals surface area contributed by atoms with Gasteiger partial charge in [-0.15, -0.1) is 0 Å². The van der Waals surface area contributed by atoms with E-state index in [4.69, 9.17) is 9.47 Å². The Balaban J connectivity index is 1.11. The molecule has 1 aliphatic carbocycles. The SMILES string of the molecule is CC(C)CNc1nc2c(ncn2[C@@H]2C[C@H](C(=O)Oc3c(F)c(F)c(F)c(F)c3F)N(C(=O)CNC(=O)OCC3c4ccccc4-c4ccccc43)C2)c(=O)[nH]1. The second-order valence-electron chi connectivity index (χ2n) is 13.5. The van der Waals surface area contributed by atoms with Crippen LogP contribution in [-0.4, -0.2) is 74.7 Å². The van der Waals surface area contributed by atoms with Gasteiger partial charge in [-0.25, -0.2) is 27.7 Å². The molecule has 7 rings (SSSR count). The summed E-state index contributed by atoms with van der Waals surface area (Å²) in [5.74, 6) is -16.1. The minimum absolute atomic E-state index is 0.0649. The molecule has 0 unspecified atom stereocenters. The van der Waals surface area contributed by atoms with Gasteiger partial charge in [-0.05, 0) is 28.2 Å². The van der Waals surface area contributed by atoms with Crippen LogP contribution in [0.1, 0.15) is 43.4 Å². The third-order valence-corrected chi connectivity index (χ3v) is 9.47. The zero-order valence-electron chi connectivity index (χ0n) is 29.2. The number of H-pyrrole nitrogens is 1. The van der Waals surface area contributed by atoms with Crippen molar-refractivity contribution in [3.63, 3.8) is 0 Å². The molecule has 1 saturated heterocycles. The first kappa shape index (κ1) is 37.0. The number of rotatable bonds is 10. The normalized spacial score (nSPS) is 16.3. The van der Waals surface area contributed by atoms with E-state index in [-0.39, 0.29) is 48.5 Å². The molecule has 286 valence electrons. The Labute approximate surface area is 308 Å². The number of hydrogen-bond donors (Lipinski definition) is 3. The average molecular weight is 766 g/mol. The molecule has 3 N–H and O–H groups in total. The number of nitrogens with zero attached hydrogens (tertiary/aromatic N) is 4. The average Bonchev–Trinajstić information content (AvgIpc) is 3.90. The highest BCUT2D eigenvalue weighted by Crippen LogP contribution is 2.44. The Morgan fingerprint density at radius 1 is 0.927 bits per heavy atom. The molecule has 2 aliphatic rings. The van der Waals surface area contributed by atoms with Crippen molar-refractivity contribution in [3.05, 3.63) is 105 Å². The number of imidazole rings is 1. The number of hydrogen-bond acceptors (Lipinski definition) is 9. The third kappa shape index (κ3) is 6.94. The molecule has 5 aromatic rings. The molecule has 0 bridgehead atoms. The molecule has 13 nitrogen and oxygen atoms in total. The van der Waals surface area contributed by atoms with Gasteiger partial charge in [0.1, 0.15) is 19.2 Å². The van der Waals surface area contributed by atoms with Crippen molar-refractivity contribution in [2.75, 3.05) is 31.6 Å². The molecule has 18 heteroatoms. The summed E-state index contributed by atoms with van der Waals surface area (Å²) in [6, 6.07) is 12.8. The minimum atomic E-state index is -2.46. The fourth-order valence-electron chi connectivity index (χ4n) is 6.83. The smallest absolute Gasteiger partial charge is 0.407 e. The summed E-state index contributed by atoms with van der Waals surface area (Å²) in [5, 5.41) is 5.34. The van der Waals surface area contributed by atoms with Gasteiger partial charge in [-0.1, -0.05) is 62.4 Å². The molecule has 0 spiro atoms. The number of carbonyl (C=O) groups excluding carboxylic acids is 3. The maximum Gasteiger partial charge on any atom is 0.407 e. The van der Waals surface area contributed by atoms with Gasteiger partial charge in [0.05, 0.1) is 12.4 Å². The zero-order chi connectivity index (χ0) is 39.1. The number of aromatic amines is 1. The Morgan fingerprint density at radius 2 is 1.55 bits per heavy atom. The first-order valence-corrected chi connectivity index (χ1v) is 17.2. The van der Waals surface area contributed by atoms with Crippen LogP contribution in [0, 0.1) is 35.0 Å². The Kier molecular flexibility index (Phi) is 9.98. The molecule has 1 fully saturated rings. The van der Waals surface area contributed by atoms with Crippen LogP contribution in [0.3, 0.4) is 0 Å². The number of alkyl carbamates (subject to hydrolysis) is 1. The van der Waals surface area contributed by atoms with Crippen molar-refractivity contribution in [2.24, 2.45) is 5.92 Å². The maximum atomic E-state index is 14.5. The Bertz CT molecular complexity index is 2330. The molecule has 0 saturated carbocycles. The summed E-state index contributed by atoms with van der Waals surface area (Å²) < 4.78 is 82.3. The van der Waals surface area contributed by atoms with Crippen molar-refractivity contribution in [1.82, 2.24) is 29.7 Å². The number of amides is 2. The van der Waals surface area contributed by atoms with Gasteiger partial charge in [0, 0.05) is 25.4 Å². The lowest BCUT2D eigenvalue weighted by atomic mass is 9.98. The monoisotopic (exact) mass is 765 g/mol. The maximum absolute atomic E-state index is 14.5. The molecule has 3 heterocycles. The Hall–Kier alpha value is -6.33. The van der Waals surface area contributed by atoms with E-state index in [0.717, 1.165) is 27.2 Å². The van der Waals surface area contributed by atoms with E-state index in [0.29, 0.717) is 6.54 Å². The van der Waals surface area contributed by atoms with Crippen LogP contribution in [-0.2, 0) is 14.3 Å². The number of carbonyl (C=O) groups is 3. The quantitative estimate of drug-likeness (QED) is 0.0573. The number of benzene rings is 3. The van der Waals surface area contributed by atoms with Crippen LogP contribution in [0.25, 0.3) is 22.3 Å². The van der Waals surface area contributed by atoms with Gasteiger partial charge in [0.25, 0.3) is 5.56 Å². The lowest BCUT2D eigenvalue weighted by Crippen LogP contribution is -2.47. The van der Waals surface area contributed by atoms with Gasteiger partial charge in [-0.2, -0.15) is 13.8 Å². The molecule has 1 aliphatic heterocycles. The summed E-state index contributed by atoms with van der Waals surface area (Å²) in [5.41, 5.74) is 3.33. The van der Waals surface area contributed by atoms with E-state index in [1.54, 1.807) is 0 Å². The number of halogens is 5. The molecule has 2 atom stereocenters. The van der Waals surface area contributed by atoms with E-state index in [2.05, 4.69) is 25.6 Å². The molecule has 55 heavy (non-hydrogen) atoms. The minimum Gasteiger partial charge on any atom is -0.449 e. The number of ether oxygens (including phenoxy) is 2. The lowest BCUT2D eigenvalue weighted by Gasteiger charge is -2.23. The summed E-state index contributed by atoms with van der Waals surface area (Å²) in [6.07, 6.45) is -0.0457. The van der Waals surface area contributed by atoms with E-state index < -0.39 is 77.0 Å². The molecule has 2 amide bonds. The van der Waals surface area contributed by atoms with E-state index in [1.165, 1.54) is 10.9 Å². The van der Waals surface area contributed by atoms with Gasteiger partial charge in [0.15, 0.2) is 11.2 Å². The van der Waals surface area contributed by atoms with Crippen LogP contribution in [0.15, 0.2) is 59.7 Å². The largest absolute Gasteiger partial charge is 0.449 e. The Morgan fingerprint density at radius 3 is 2.18 bits per heavy atom. The highest BCUT2D eigenvalue weighted by Gasteiger charge is 2.43. The van der Waals surface area contributed by atoms with Crippen molar-refractivity contribution in [2.45, 2.75) is 38.3 Å². The summed E-state index contributed by atoms with van der Waals surface area (Å²) in [7, 11) is 0. The van der Waals surface area contributed by atoms with Crippen LogP contribution in [0.4, 0.5) is 32.7 Å². The summed E-state index contributed by atoms with van der Waals surface area (Å²) in [6.45, 7) is 3.23.